The van der Waals surface area contributed by atoms with Crippen molar-refractivity contribution in [2.75, 3.05) is 25.0 Å². The monoisotopic (exact) mass is 513 g/mol. The number of hydrogen-bond acceptors (Lipinski definition) is 3. The number of nitrogens with zero attached hydrogens (tertiary/aromatic N) is 3. The average molecular weight is 513 g/mol. The van der Waals surface area contributed by atoms with Crippen LogP contribution in [0.4, 0.5) is 5.69 Å². The normalized spacial score (nSPS) is 16.1. The van der Waals surface area contributed by atoms with E-state index in [1.54, 1.807) is 0 Å². The number of aliphatic imine (C=N–C) groups is 1. The molecule has 5 nitrogen and oxygen atoms in total. The first-order valence-electron chi connectivity index (χ1n) is 10.1. The van der Waals surface area contributed by atoms with Crippen LogP contribution in [0.15, 0.2) is 84.0 Å². The van der Waals surface area contributed by atoms with Gasteiger partial charge in [0.05, 0.1) is 5.69 Å². The first-order chi connectivity index (χ1) is 14.3. The number of rotatable bonds is 5. The molecule has 1 saturated heterocycles. The largest absolute Gasteiger partial charge is 0.369 e. The third-order valence-corrected chi connectivity index (χ3v) is 5.22. The molecule has 2 N–H and O–H groups in total. The van der Waals surface area contributed by atoms with E-state index in [9.17, 15) is 0 Å². The van der Waals surface area contributed by atoms with Gasteiger partial charge in [0.1, 0.15) is 0 Å². The van der Waals surface area contributed by atoms with Crippen LogP contribution in [0.3, 0.4) is 0 Å². The van der Waals surface area contributed by atoms with Gasteiger partial charge in [0, 0.05) is 50.2 Å². The van der Waals surface area contributed by atoms with Crippen molar-refractivity contribution in [2.24, 2.45) is 4.99 Å². The molecular formula is C24H28IN5. The SMILES string of the molecule is CN=C(NCc1cccc(-c2ccccn2)c1)NC1CCN(c2ccccc2)C1.I. The molecular weight excluding hydrogens is 485 g/mol. The quantitative estimate of drug-likeness (QED) is 0.304. The molecule has 0 radical (unpaired) electrons. The van der Waals surface area contributed by atoms with E-state index >= 15 is 0 Å². The third kappa shape index (κ3) is 5.72. The van der Waals surface area contributed by atoms with Gasteiger partial charge in [-0.1, -0.05) is 42.5 Å². The molecule has 1 atom stereocenters. The highest BCUT2D eigenvalue weighted by Crippen LogP contribution is 2.20. The molecule has 0 bridgehead atoms. The number of halogens is 1. The smallest absolute Gasteiger partial charge is 0.191 e. The van der Waals surface area contributed by atoms with Crippen LogP contribution in [0, 0.1) is 0 Å². The summed E-state index contributed by atoms with van der Waals surface area (Å²) in [7, 11) is 1.82. The molecule has 156 valence electrons. The summed E-state index contributed by atoms with van der Waals surface area (Å²) in [5, 5.41) is 7.01. The molecule has 3 aromatic rings. The molecule has 2 aromatic carbocycles. The molecule has 1 aromatic heterocycles. The van der Waals surface area contributed by atoms with Crippen LogP contribution >= 0.6 is 24.0 Å². The number of aromatic nitrogens is 1. The van der Waals surface area contributed by atoms with Crippen molar-refractivity contribution in [2.45, 2.75) is 19.0 Å². The van der Waals surface area contributed by atoms with Gasteiger partial charge in [0.15, 0.2) is 5.96 Å². The zero-order valence-electron chi connectivity index (χ0n) is 17.2. The van der Waals surface area contributed by atoms with Crippen molar-refractivity contribution in [1.82, 2.24) is 15.6 Å². The number of benzene rings is 2. The second-order valence-corrected chi connectivity index (χ2v) is 7.25. The molecule has 1 aliphatic heterocycles. The first kappa shape index (κ1) is 22.1. The number of nitrogens with one attached hydrogen (secondary N) is 2. The molecule has 1 unspecified atom stereocenters. The Labute approximate surface area is 195 Å². The summed E-state index contributed by atoms with van der Waals surface area (Å²) in [6, 6.07) is 25.4. The second kappa shape index (κ2) is 11.0. The average Bonchev–Trinajstić information content (AvgIpc) is 3.26. The van der Waals surface area contributed by atoms with E-state index in [0.29, 0.717) is 6.04 Å². The Balaban J connectivity index is 0.00000256. The number of anilines is 1. The highest BCUT2D eigenvalue weighted by Gasteiger charge is 2.23. The predicted molar refractivity (Wildman–Crippen MR) is 135 cm³/mol. The van der Waals surface area contributed by atoms with Gasteiger partial charge >= 0.3 is 0 Å². The van der Waals surface area contributed by atoms with Crippen LogP contribution in [0.1, 0.15) is 12.0 Å². The summed E-state index contributed by atoms with van der Waals surface area (Å²) in [5.41, 5.74) is 4.60. The minimum Gasteiger partial charge on any atom is -0.369 e. The zero-order valence-corrected chi connectivity index (χ0v) is 19.5. The lowest BCUT2D eigenvalue weighted by atomic mass is 10.1. The lowest BCUT2D eigenvalue weighted by Gasteiger charge is -2.20. The second-order valence-electron chi connectivity index (χ2n) is 7.25. The van der Waals surface area contributed by atoms with Crippen molar-refractivity contribution in [1.29, 1.82) is 0 Å². The van der Waals surface area contributed by atoms with Crippen molar-refractivity contribution in [3.63, 3.8) is 0 Å². The van der Waals surface area contributed by atoms with Gasteiger partial charge < -0.3 is 15.5 Å². The van der Waals surface area contributed by atoms with Gasteiger partial charge in [-0.25, -0.2) is 0 Å². The Morgan fingerprint density at radius 2 is 1.90 bits per heavy atom. The lowest BCUT2D eigenvalue weighted by molar-refractivity contribution is 0.648. The Morgan fingerprint density at radius 3 is 2.67 bits per heavy atom. The van der Waals surface area contributed by atoms with Crippen LogP contribution in [0.5, 0.6) is 0 Å². The van der Waals surface area contributed by atoms with Crippen molar-refractivity contribution in [3.05, 3.63) is 84.6 Å². The third-order valence-electron chi connectivity index (χ3n) is 5.22. The zero-order chi connectivity index (χ0) is 19.9. The lowest BCUT2D eigenvalue weighted by Crippen LogP contribution is -2.44. The summed E-state index contributed by atoms with van der Waals surface area (Å²) in [6.45, 7) is 2.76. The van der Waals surface area contributed by atoms with Crippen LogP contribution in [-0.4, -0.2) is 37.1 Å². The van der Waals surface area contributed by atoms with Crippen molar-refractivity contribution >= 4 is 35.6 Å². The van der Waals surface area contributed by atoms with Crippen LogP contribution < -0.4 is 15.5 Å². The van der Waals surface area contributed by atoms with Crippen molar-refractivity contribution in [3.8, 4) is 11.3 Å². The Bertz CT molecular complexity index is 946. The highest BCUT2D eigenvalue weighted by molar-refractivity contribution is 14.0. The summed E-state index contributed by atoms with van der Waals surface area (Å²) < 4.78 is 0. The van der Waals surface area contributed by atoms with Gasteiger partial charge in [0.2, 0.25) is 0 Å². The summed E-state index contributed by atoms with van der Waals surface area (Å²) in [6.07, 6.45) is 2.93. The number of hydrogen-bond donors (Lipinski definition) is 2. The first-order valence-corrected chi connectivity index (χ1v) is 10.1. The van der Waals surface area contributed by atoms with Gasteiger partial charge in [0.25, 0.3) is 0 Å². The van der Waals surface area contributed by atoms with Crippen LogP contribution in [-0.2, 0) is 6.54 Å². The molecule has 30 heavy (non-hydrogen) atoms. The van der Waals surface area contributed by atoms with Crippen molar-refractivity contribution < 1.29 is 0 Å². The molecule has 6 heteroatoms. The maximum absolute atomic E-state index is 4.44. The fraction of sp³-hybridized carbons (Fsp3) is 0.250. The van der Waals surface area contributed by atoms with Gasteiger partial charge in [-0.3, -0.25) is 9.98 Å². The molecule has 0 spiro atoms. The minimum atomic E-state index is 0. The van der Waals surface area contributed by atoms with E-state index in [-0.39, 0.29) is 24.0 Å². The van der Waals surface area contributed by atoms with Gasteiger partial charge in [-0.2, -0.15) is 0 Å². The van der Waals surface area contributed by atoms with Crippen LogP contribution in [0.25, 0.3) is 11.3 Å². The van der Waals surface area contributed by atoms with E-state index in [4.69, 9.17) is 0 Å². The topological polar surface area (TPSA) is 52.6 Å². The Kier molecular flexibility index (Phi) is 8.07. The number of para-hydroxylation sites is 1. The summed E-state index contributed by atoms with van der Waals surface area (Å²) >= 11 is 0. The molecule has 4 rings (SSSR count). The van der Waals surface area contributed by atoms with E-state index < -0.39 is 0 Å². The van der Waals surface area contributed by atoms with Crippen LogP contribution in [0.2, 0.25) is 0 Å². The number of guanidine groups is 1. The highest BCUT2D eigenvalue weighted by atomic mass is 127. The van der Waals surface area contributed by atoms with E-state index in [0.717, 1.165) is 43.3 Å². The standard InChI is InChI=1S/C24H27N5.HI/c1-25-24(28-21-13-15-29(18-21)22-10-3-2-4-11-22)27-17-19-8-7-9-20(16-19)23-12-5-6-14-26-23;/h2-12,14,16,21H,13,15,17-18H2,1H3,(H2,25,27,28);1H. The van der Waals surface area contributed by atoms with E-state index in [2.05, 4.69) is 80.1 Å². The van der Waals surface area contributed by atoms with E-state index in [1.165, 1.54) is 11.3 Å². The predicted octanol–water partition coefficient (Wildman–Crippen LogP) is 4.31. The maximum atomic E-state index is 4.44. The van der Waals surface area contributed by atoms with Gasteiger partial charge in [-0.15, -0.1) is 24.0 Å². The van der Waals surface area contributed by atoms with Gasteiger partial charge in [-0.05, 0) is 42.3 Å². The fourth-order valence-corrected chi connectivity index (χ4v) is 3.70. The molecule has 0 saturated carbocycles. The maximum Gasteiger partial charge on any atom is 0.191 e. The Hall–Kier alpha value is -2.61. The van der Waals surface area contributed by atoms with E-state index in [1.807, 2.05) is 31.4 Å². The summed E-state index contributed by atoms with van der Waals surface area (Å²) in [5.74, 6) is 0.841. The molecule has 1 aliphatic rings. The molecule has 2 heterocycles. The summed E-state index contributed by atoms with van der Waals surface area (Å²) in [4.78, 5) is 11.3. The Morgan fingerprint density at radius 1 is 1.07 bits per heavy atom. The minimum absolute atomic E-state index is 0. The fourth-order valence-electron chi connectivity index (χ4n) is 3.70. The molecule has 1 fully saturated rings. The number of pyridine rings is 1. The molecule has 0 aliphatic carbocycles. The molecule has 0 amide bonds.